The molecular formula is C11H11Cl2NO6S. The molecule has 0 aliphatic heterocycles. The van der Waals surface area contributed by atoms with Crippen LogP contribution in [0.1, 0.15) is 16.8 Å². The number of carboxylic acids is 1. The summed E-state index contributed by atoms with van der Waals surface area (Å²) in [7, 11) is -2.75. The third-order valence-electron chi connectivity index (χ3n) is 2.35. The number of ether oxygens (including phenoxy) is 1. The van der Waals surface area contributed by atoms with Crippen molar-refractivity contribution in [1.29, 1.82) is 0 Å². The standard InChI is InChI=1S/C11H11Cl2NO6S/c1-20-9(15)2-3-21(18,19)14-10-7(12)4-6(11(16)17)5-8(10)13/h4-5,14H,2-3H2,1H3,(H,16,17). The summed E-state index contributed by atoms with van der Waals surface area (Å²) in [5.74, 6) is -2.45. The van der Waals surface area contributed by atoms with E-state index in [2.05, 4.69) is 9.46 Å². The smallest absolute Gasteiger partial charge is 0.335 e. The quantitative estimate of drug-likeness (QED) is 0.755. The molecule has 1 aromatic carbocycles. The molecule has 0 bridgehead atoms. The van der Waals surface area contributed by atoms with E-state index in [-0.39, 0.29) is 27.7 Å². The third-order valence-corrected chi connectivity index (χ3v) is 4.20. The highest BCUT2D eigenvalue weighted by molar-refractivity contribution is 7.92. The number of esters is 1. The number of methoxy groups -OCH3 is 1. The molecule has 0 spiro atoms. The Kier molecular flexibility index (Phi) is 5.82. The summed E-state index contributed by atoms with van der Waals surface area (Å²) in [5, 5.41) is 8.49. The lowest BCUT2D eigenvalue weighted by atomic mass is 10.2. The van der Waals surface area contributed by atoms with Gasteiger partial charge in [-0.1, -0.05) is 23.2 Å². The summed E-state index contributed by atoms with van der Waals surface area (Å²) in [5.41, 5.74) is -0.323. The van der Waals surface area contributed by atoms with Crippen molar-refractivity contribution in [2.45, 2.75) is 6.42 Å². The Morgan fingerprint density at radius 2 is 1.81 bits per heavy atom. The molecule has 0 unspecified atom stereocenters. The van der Waals surface area contributed by atoms with Gasteiger partial charge in [-0.3, -0.25) is 9.52 Å². The first-order valence-corrected chi connectivity index (χ1v) is 7.86. The Labute approximate surface area is 130 Å². The van der Waals surface area contributed by atoms with Crippen LogP contribution < -0.4 is 4.72 Å². The number of sulfonamides is 1. The topological polar surface area (TPSA) is 110 Å². The van der Waals surface area contributed by atoms with Gasteiger partial charge in [-0.2, -0.15) is 0 Å². The molecule has 10 heteroatoms. The van der Waals surface area contributed by atoms with Crippen molar-refractivity contribution >= 4 is 50.9 Å². The van der Waals surface area contributed by atoms with E-state index in [0.29, 0.717) is 0 Å². The van der Waals surface area contributed by atoms with Crippen LogP contribution in [0.3, 0.4) is 0 Å². The number of carboxylic acid groups (broad SMARTS) is 1. The number of carbonyl (C=O) groups is 2. The lowest BCUT2D eigenvalue weighted by Gasteiger charge is -2.11. The van der Waals surface area contributed by atoms with Gasteiger partial charge < -0.3 is 9.84 Å². The lowest BCUT2D eigenvalue weighted by Crippen LogP contribution is -2.20. The van der Waals surface area contributed by atoms with Crippen LogP contribution in [0.15, 0.2) is 12.1 Å². The number of benzene rings is 1. The van der Waals surface area contributed by atoms with Gasteiger partial charge in [0.2, 0.25) is 10.0 Å². The molecule has 1 rings (SSSR count). The maximum Gasteiger partial charge on any atom is 0.335 e. The van der Waals surface area contributed by atoms with Crippen molar-refractivity contribution < 1.29 is 27.9 Å². The predicted octanol–water partition coefficient (Wildman–Crippen LogP) is 2.00. The molecule has 0 saturated carbocycles. The van der Waals surface area contributed by atoms with Crippen molar-refractivity contribution in [3.63, 3.8) is 0 Å². The van der Waals surface area contributed by atoms with Crippen molar-refractivity contribution in [1.82, 2.24) is 0 Å². The summed E-state index contributed by atoms with van der Waals surface area (Å²) in [6, 6.07) is 2.13. The number of rotatable bonds is 6. The first-order chi connectivity index (χ1) is 9.66. The third kappa shape index (κ3) is 5.07. The molecule has 0 amide bonds. The zero-order valence-electron chi connectivity index (χ0n) is 10.7. The van der Waals surface area contributed by atoms with Gasteiger partial charge in [-0.15, -0.1) is 0 Å². The lowest BCUT2D eigenvalue weighted by molar-refractivity contribution is -0.140. The Bertz CT molecular complexity index is 650. The summed E-state index contributed by atoms with van der Waals surface area (Å²) in [6.45, 7) is 0. The van der Waals surface area contributed by atoms with E-state index in [4.69, 9.17) is 28.3 Å². The van der Waals surface area contributed by atoms with Crippen LogP contribution in [-0.4, -0.2) is 38.3 Å². The monoisotopic (exact) mass is 355 g/mol. The first kappa shape index (κ1) is 17.5. The number of hydrogen-bond donors (Lipinski definition) is 2. The molecule has 1 aromatic rings. The predicted molar refractivity (Wildman–Crippen MR) is 77.5 cm³/mol. The second kappa shape index (κ2) is 6.97. The van der Waals surface area contributed by atoms with E-state index >= 15 is 0 Å². The SMILES string of the molecule is COC(=O)CCS(=O)(=O)Nc1c(Cl)cc(C(=O)O)cc1Cl. The molecule has 0 aromatic heterocycles. The average molecular weight is 356 g/mol. The molecule has 0 aliphatic carbocycles. The van der Waals surface area contributed by atoms with Crippen LogP contribution in [0.5, 0.6) is 0 Å². The normalized spacial score (nSPS) is 11.0. The molecule has 0 radical (unpaired) electrons. The number of halogens is 2. The van der Waals surface area contributed by atoms with Gasteiger partial charge in [-0.25, -0.2) is 13.2 Å². The van der Waals surface area contributed by atoms with E-state index in [9.17, 15) is 18.0 Å². The van der Waals surface area contributed by atoms with Gasteiger partial charge in [0.05, 0.1) is 40.6 Å². The Morgan fingerprint density at radius 1 is 1.29 bits per heavy atom. The molecule has 0 heterocycles. The molecule has 0 fully saturated rings. The van der Waals surface area contributed by atoms with Crippen LogP contribution in [-0.2, 0) is 19.6 Å². The molecule has 2 N–H and O–H groups in total. The number of aromatic carboxylic acids is 1. The minimum Gasteiger partial charge on any atom is -0.478 e. The second-order valence-corrected chi connectivity index (χ2v) is 6.52. The molecule has 7 nitrogen and oxygen atoms in total. The van der Waals surface area contributed by atoms with Crippen LogP contribution in [0.25, 0.3) is 0 Å². The van der Waals surface area contributed by atoms with Gasteiger partial charge in [0.1, 0.15) is 0 Å². The number of anilines is 1. The number of nitrogens with one attached hydrogen (secondary N) is 1. The van der Waals surface area contributed by atoms with Crippen molar-refractivity contribution in [2.24, 2.45) is 0 Å². The highest BCUT2D eigenvalue weighted by Gasteiger charge is 2.19. The van der Waals surface area contributed by atoms with E-state index < -0.39 is 27.7 Å². The van der Waals surface area contributed by atoms with E-state index in [1.54, 1.807) is 0 Å². The highest BCUT2D eigenvalue weighted by atomic mass is 35.5. The summed E-state index contributed by atoms with van der Waals surface area (Å²) >= 11 is 11.6. The number of hydrogen-bond acceptors (Lipinski definition) is 5. The van der Waals surface area contributed by atoms with E-state index in [1.807, 2.05) is 0 Å². The molecule has 21 heavy (non-hydrogen) atoms. The van der Waals surface area contributed by atoms with Crippen LogP contribution in [0.4, 0.5) is 5.69 Å². The molecule has 0 atom stereocenters. The summed E-state index contributed by atoms with van der Waals surface area (Å²) < 4.78 is 30.0. The Hall–Kier alpha value is -1.51. The van der Waals surface area contributed by atoms with E-state index in [1.165, 1.54) is 0 Å². The fraction of sp³-hybridized carbons (Fsp3) is 0.273. The largest absolute Gasteiger partial charge is 0.478 e. The van der Waals surface area contributed by atoms with Gasteiger partial charge in [-0.05, 0) is 12.1 Å². The van der Waals surface area contributed by atoms with Gasteiger partial charge >= 0.3 is 11.9 Å². The van der Waals surface area contributed by atoms with Crippen molar-refractivity contribution in [3.8, 4) is 0 Å². The Morgan fingerprint density at radius 3 is 2.24 bits per heavy atom. The van der Waals surface area contributed by atoms with Gasteiger partial charge in [0, 0.05) is 0 Å². The van der Waals surface area contributed by atoms with Crippen LogP contribution in [0, 0.1) is 0 Å². The maximum atomic E-state index is 11.8. The molecule has 0 aliphatic rings. The van der Waals surface area contributed by atoms with Crippen LogP contribution in [0.2, 0.25) is 10.0 Å². The van der Waals surface area contributed by atoms with Crippen LogP contribution >= 0.6 is 23.2 Å². The molecule has 116 valence electrons. The number of carbonyl (C=O) groups excluding carboxylic acids is 1. The summed E-state index contributed by atoms with van der Waals surface area (Å²) in [4.78, 5) is 21.7. The van der Waals surface area contributed by atoms with E-state index in [0.717, 1.165) is 19.2 Å². The Balaban J connectivity index is 2.97. The fourth-order valence-corrected chi connectivity index (χ4v) is 3.08. The molecular weight excluding hydrogens is 345 g/mol. The van der Waals surface area contributed by atoms with Crippen molar-refractivity contribution in [3.05, 3.63) is 27.7 Å². The first-order valence-electron chi connectivity index (χ1n) is 5.46. The fourth-order valence-electron chi connectivity index (χ4n) is 1.32. The average Bonchev–Trinajstić information content (AvgIpc) is 2.40. The van der Waals surface area contributed by atoms with Gasteiger partial charge in [0.15, 0.2) is 0 Å². The minimum atomic E-state index is -3.89. The van der Waals surface area contributed by atoms with Crippen molar-refractivity contribution in [2.75, 3.05) is 17.6 Å². The van der Waals surface area contributed by atoms with Gasteiger partial charge in [0.25, 0.3) is 0 Å². The summed E-state index contributed by atoms with van der Waals surface area (Å²) in [6.07, 6.45) is -0.339. The minimum absolute atomic E-state index is 0.145. The highest BCUT2D eigenvalue weighted by Crippen LogP contribution is 2.32. The maximum absolute atomic E-state index is 11.8. The second-order valence-electron chi connectivity index (χ2n) is 3.87. The zero-order chi connectivity index (χ0) is 16.2. The zero-order valence-corrected chi connectivity index (χ0v) is 13.0. The molecule has 0 saturated heterocycles.